The van der Waals surface area contributed by atoms with Crippen molar-refractivity contribution in [3.63, 3.8) is 0 Å². The van der Waals surface area contributed by atoms with Gasteiger partial charge in [-0.1, -0.05) is 18.2 Å². The predicted octanol–water partition coefficient (Wildman–Crippen LogP) is 0.0327. The molecule has 0 radical (unpaired) electrons. The Bertz CT molecular complexity index is 523. The lowest BCUT2D eigenvalue weighted by Gasteiger charge is -2.05. The Labute approximate surface area is 102 Å². The molecule has 1 aliphatic rings. The van der Waals surface area contributed by atoms with Crippen LogP contribution in [-0.2, 0) is 19.1 Å². The minimum absolute atomic E-state index is 0.204. The van der Waals surface area contributed by atoms with E-state index in [4.69, 9.17) is 0 Å². The van der Waals surface area contributed by atoms with E-state index in [9.17, 15) is 19.2 Å². The molecule has 18 heavy (non-hydrogen) atoms. The highest BCUT2D eigenvalue weighted by Gasteiger charge is 2.38. The van der Waals surface area contributed by atoms with Gasteiger partial charge in [0.2, 0.25) is 11.8 Å². The van der Waals surface area contributed by atoms with Gasteiger partial charge in [-0.15, -0.1) is 0 Å². The summed E-state index contributed by atoms with van der Waals surface area (Å²) in [4.78, 5) is 45.2. The minimum Gasteiger partial charge on any atom is -0.389 e. The minimum atomic E-state index is -1.23. The standard InChI is InChI=1S/C12H9NO5/c14-9-6-8(10(15)13-9)12(17)18-11(16)7-4-2-1-3-5-7/h1-5,8H,6H2,(H,13,14,15). The summed E-state index contributed by atoms with van der Waals surface area (Å²) in [6, 6.07) is 7.91. The predicted molar refractivity (Wildman–Crippen MR) is 58.1 cm³/mol. The van der Waals surface area contributed by atoms with Gasteiger partial charge in [-0.05, 0) is 12.1 Å². The molecule has 1 saturated heterocycles. The van der Waals surface area contributed by atoms with Gasteiger partial charge in [0.25, 0.3) is 0 Å². The normalized spacial score (nSPS) is 18.3. The Kier molecular flexibility index (Phi) is 3.18. The molecule has 0 saturated carbocycles. The SMILES string of the molecule is O=C1CC(C(=O)OC(=O)c2ccccc2)C(=O)N1. The topological polar surface area (TPSA) is 89.5 Å². The van der Waals surface area contributed by atoms with Crippen molar-refractivity contribution in [2.75, 3.05) is 0 Å². The highest BCUT2D eigenvalue weighted by Crippen LogP contribution is 2.13. The molecule has 1 heterocycles. The molecule has 1 aromatic carbocycles. The van der Waals surface area contributed by atoms with Crippen molar-refractivity contribution in [3.05, 3.63) is 35.9 Å². The van der Waals surface area contributed by atoms with Crippen LogP contribution in [0, 0.1) is 5.92 Å². The third-order valence-electron chi connectivity index (χ3n) is 2.46. The van der Waals surface area contributed by atoms with E-state index in [0.29, 0.717) is 0 Å². The lowest BCUT2D eigenvalue weighted by molar-refractivity contribution is -0.146. The van der Waals surface area contributed by atoms with Gasteiger partial charge in [-0.3, -0.25) is 19.7 Å². The van der Waals surface area contributed by atoms with Crippen molar-refractivity contribution in [3.8, 4) is 0 Å². The van der Waals surface area contributed by atoms with E-state index in [2.05, 4.69) is 4.74 Å². The first-order chi connectivity index (χ1) is 8.58. The summed E-state index contributed by atoms with van der Waals surface area (Å²) in [6.07, 6.45) is -0.278. The van der Waals surface area contributed by atoms with E-state index in [1.165, 1.54) is 12.1 Å². The summed E-state index contributed by atoms with van der Waals surface area (Å²) in [5, 5.41) is 1.97. The number of hydrogen-bond acceptors (Lipinski definition) is 5. The van der Waals surface area contributed by atoms with Crippen LogP contribution in [-0.4, -0.2) is 23.8 Å². The Balaban J connectivity index is 2.02. The second-order valence-corrected chi connectivity index (χ2v) is 3.74. The van der Waals surface area contributed by atoms with Gasteiger partial charge in [0, 0.05) is 6.42 Å². The lowest BCUT2D eigenvalue weighted by Crippen LogP contribution is -2.28. The van der Waals surface area contributed by atoms with Crippen LogP contribution in [0.4, 0.5) is 0 Å². The molecular formula is C12H9NO5. The molecule has 6 heteroatoms. The number of imide groups is 1. The van der Waals surface area contributed by atoms with Crippen molar-refractivity contribution in [1.82, 2.24) is 5.32 Å². The fourth-order valence-electron chi connectivity index (χ4n) is 1.54. The number of ether oxygens (including phenoxy) is 1. The van der Waals surface area contributed by atoms with Gasteiger partial charge < -0.3 is 4.74 Å². The monoisotopic (exact) mass is 247 g/mol. The van der Waals surface area contributed by atoms with Crippen molar-refractivity contribution in [2.24, 2.45) is 5.92 Å². The second-order valence-electron chi connectivity index (χ2n) is 3.74. The van der Waals surface area contributed by atoms with Gasteiger partial charge in [-0.2, -0.15) is 0 Å². The zero-order chi connectivity index (χ0) is 13.1. The molecule has 1 aliphatic heterocycles. The van der Waals surface area contributed by atoms with Gasteiger partial charge in [-0.25, -0.2) is 4.79 Å². The van der Waals surface area contributed by atoms with Crippen LogP contribution in [0.15, 0.2) is 30.3 Å². The van der Waals surface area contributed by atoms with Crippen LogP contribution in [0.5, 0.6) is 0 Å². The average molecular weight is 247 g/mol. The number of nitrogens with one attached hydrogen (secondary N) is 1. The second kappa shape index (κ2) is 4.79. The number of carbonyl (C=O) groups excluding carboxylic acids is 4. The highest BCUT2D eigenvalue weighted by atomic mass is 16.6. The number of amides is 2. The lowest BCUT2D eigenvalue weighted by atomic mass is 10.1. The number of rotatable bonds is 2. The zero-order valence-corrected chi connectivity index (χ0v) is 9.21. The van der Waals surface area contributed by atoms with Crippen LogP contribution < -0.4 is 5.32 Å². The van der Waals surface area contributed by atoms with Gasteiger partial charge in [0.15, 0.2) is 0 Å². The van der Waals surface area contributed by atoms with Crippen molar-refractivity contribution >= 4 is 23.8 Å². The Morgan fingerprint density at radius 2 is 1.83 bits per heavy atom. The molecule has 6 nitrogen and oxygen atoms in total. The quantitative estimate of drug-likeness (QED) is 0.452. The van der Waals surface area contributed by atoms with Gasteiger partial charge in [0.05, 0.1) is 5.56 Å². The van der Waals surface area contributed by atoms with E-state index >= 15 is 0 Å². The average Bonchev–Trinajstić information content (AvgIpc) is 2.69. The fraction of sp³-hybridized carbons (Fsp3) is 0.167. The molecule has 0 spiro atoms. The largest absolute Gasteiger partial charge is 0.389 e. The summed E-state index contributed by atoms with van der Waals surface area (Å²) < 4.78 is 4.55. The van der Waals surface area contributed by atoms with Crippen LogP contribution in [0.3, 0.4) is 0 Å². The molecule has 0 aromatic heterocycles. The fourth-order valence-corrected chi connectivity index (χ4v) is 1.54. The third kappa shape index (κ3) is 2.42. The Hall–Kier alpha value is -2.50. The van der Waals surface area contributed by atoms with E-state index < -0.39 is 29.7 Å². The van der Waals surface area contributed by atoms with Gasteiger partial charge >= 0.3 is 11.9 Å². The van der Waals surface area contributed by atoms with Crippen LogP contribution in [0.1, 0.15) is 16.8 Å². The molecule has 92 valence electrons. The van der Waals surface area contributed by atoms with Crippen LogP contribution in [0.2, 0.25) is 0 Å². The Morgan fingerprint density at radius 1 is 1.17 bits per heavy atom. The van der Waals surface area contributed by atoms with Crippen LogP contribution in [0.25, 0.3) is 0 Å². The Morgan fingerprint density at radius 3 is 2.39 bits per heavy atom. The molecule has 1 aromatic rings. The first-order valence-corrected chi connectivity index (χ1v) is 5.22. The number of esters is 2. The first-order valence-electron chi connectivity index (χ1n) is 5.22. The van der Waals surface area contributed by atoms with Gasteiger partial charge in [0.1, 0.15) is 5.92 Å². The maximum atomic E-state index is 11.5. The van der Waals surface area contributed by atoms with E-state index in [-0.39, 0.29) is 12.0 Å². The van der Waals surface area contributed by atoms with Crippen LogP contribution >= 0.6 is 0 Å². The third-order valence-corrected chi connectivity index (χ3v) is 2.46. The van der Waals surface area contributed by atoms with E-state index in [1.54, 1.807) is 18.2 Å². The molecule has 0 aliphatic carbocycles. The summed E-state index contributed by atoms with van der Waals surface area (Å²) in [5.74, 6) is -4.36. The molecule has 1 N–H and O–H groups in total. The summed E-state index contributed by atoms with van der Waals surface area (Å²) in [6.45, 7) is 0. The number of benzene rings is 1. The smallest absolute Gasteiger partial charge is 0.345 e. The summed E-state index contributed by atoms with van der Waals surface area (Å²) in [7, 11) is 0. The number of carbonyl (C=O) groups is 4. The molecule has 2 rings (SSSR count). The molecule has 1 atom stereocenters. The first kappa shape index (κ1) is 12.0. The van der Waals surface area contributed by atoms with Crippen molar-refractivity contribution < 1.29 is 23.9 Å². The van der Waals surface area contributed by atoms with E-state index in [1.807, 2.05) is 5.32 Å². The molecule has 2 amide bonds. The molecule has 1 unspecified atom stereocenters. The highest BCUT2D eigenvalue weighted by molar-refractivity contribution is 6.14. The van der Waals surface area contributed by atoms with Crippen molar-refractivity contribution in [2.45, 2.75) is 6.42 Å². The summed E-state index contributed by atoms with van der Waals surface area (Å²) in [5.41, 5.74) is 0.204. The molecular weight excluding hydrogens is 238 g/mol. The zero-order valence-electron chi connectivity index (χ0n) is 9.21. The molecule has 1 fully saturated rings. The van der Waals surface area contributed by atoms with Crippen molar-refractivity contribution in [1.29, 1.82) is 0 Å². The maximum absolute atomic E-state index is 11.5. The number of hydrogen-bond donors (Lipinski definition) is 1. The summed E-state index contributed by atoms with van der Waals surface area (Å²) >= 11 is 0. The van der Waals surface area contributed by atoms with E-state index in [0.717, 1.165) is 0 Å². The molecule has 0 bridgehead atoms. The maximum Gasteiger partial charge on any atom is 0.345 e.